The van der Waals surface area contributed by atoms with E-state index in [0.717, 1.165) is 50.9 Å². The molecule has 2 aromatic carbocycles. The third-order valence-electron chi connectivity index (χ3n) is 11.3. The molecular formula is C39H49N5O7S. The van der Waals surface area contributed by atoms with Gasteiger partial charge in [-0.2, -0.15) is 0 Å². The van der Waals surface area contributed by atoms with Crippen LogP contribution in [-0.2, 0) is 38.3 Å². The first-order valence-electron chi connectivity index (χ1n) is 18.1. The molecule has 1 spiro atoms. The zero-order valence-corrected chi connectivity index (χ0v) is 31.4. The number of aryl methyl sites for hydroxylation is 3. The highest BCUT2D eigenvalue weighted by Crippen LogP contribution is 2.47. The van der Waals surface area contributed by atoms with Crippen LogP contribution in [0.1, 0.15) is 69.5 Å². The summed E-state index contributed by atoms with van der Waals surface area (Å²) in [5.41, 5.74) is 4.90. The fraction of sp³-hybridized carbons (Fsp3) is 0.513. The summed E-state index contributed by atoms with van der Waals surface area (Å²) in [6.07, 6.45) is 10.3. The summed E-state index contributed by atoms with van der Waals surface area (Å²) in [5.74, 6) is -0.129. The minimum absolute atomic E-state index is 0.0690. The maximum atomic E-state index is 14.6. The first-order chi connectivity index (χ1) is 25.0. The van der Waals surface area contributed by atoms with E-state index in [-0.39, 0.29) is 46.6 Å². The molecule has 2 aliphatic carbocycles. The normalized spacial score (nSPS) is 29.4. The SMILES string of the molecule is COc1nn(C)cc1C(=O)NS1(=O)=NC(=O)c2ccc3c(c2)N(C[C@@H]2CC[C@H]2[C@@H](OC)/C=C/[C@@H](OC)CC1)C[C@@]1(CCCc2cc(C)ccc21)CO3. The molecule has 0 radical (unpaired) electrons. The highest BCUT2D eigenvalue weighted by Gasteiger charge is 2.44. The Morgan fingerprint density at radius 3 is 2.67 bits per heavy atom. The van der Waals surface area contributed by atoms with Crippen molar-refractivity contribution in [2.24, 2.45) is 23.2 Å². The first kappa shape index (κ1) is 36.2. The second-order valence-corrected chi connectivity index (χ2v) is 16.8. The lowest BCUT2D eigenvalue weighted by Crippen LogP contribution is -2.49. The zero-order valence-electron chi connectivity index (χ0n) is 30.6. The van der Waals surface area contributed by atoms with E-state index in [0.29, 0.717) is 18.3 Å². The molecule has 1 saturated carbocycles. The Morgan fingerprint density at radius 2 is 1.92 bits per heavy atom. The van der Waals surface area contributed by atoms with Crippen LogP contribution in [0.4, 0.5) is 5.69 Å². The van der Waals surface area contributed by atoms with Crippen LogP contribution >= 0.6 is 0 Å². The molecule has 1 N–H and O–H groups in total. The van der Waals surface area contributed by atoms with E-state index in [1.54, 1.807) is 27.3 Å². The number of hydrogen-bond donors (Lipinski definition) is 1. The highest BCUT2D eigenvalue weighted by molar-refractivity contribution is 7.92. The molecule has 52 heavy (non-hydrogen) atoms. The van der Waals surface area contributed by atoms with Crippen molar-refractivity contribution in [1.82, 2.24) is 14.5 Å². The van der Waals surface area contributed by atoms with Crippen LogP contribution in [0.2, 0.25) is 0 Å². The van der Waals surface area contributed by atoms with Gasteiger partial charge >= 0.3 is 0 Å². The molecule has 12 nitrogen and oxygen atoms in total. The molecule has 6 atom stereocenters. The van der Waals surface area contributed by atoms with Crippen molar-refractivity contribution >= 4 is 27.4 Å². The number of aromatic nitrogens is 2. The summed E-state index contributed by atoms with van der Waals surface area (Å²) in [6.45, 7) is 4.16. The average molecular weight is 732 g/mol. The fourth-order valence-corrected chi connectivity index (χ4v) is 9.99. The minimum atomic E-state index is -3.66. The number of anilines is 1. The minimum Gasteiger partial charge on any atom is -0.490 e. The highest BCUT2D eigenvalue weighted by atomic mass is 32.2. The Labute approximate surface area is 306 Å². The van der Waals surface area contributed by atoms with Gasteiger partial charge in [-0.3, -0.25) is 19.0 Å². The maximum absolute atomic E-state index is 14.6. The van der Waals surface area contributed by atoms with Crippen LogP contribution in [0.25, 0.3) is 0 Å². The molecule has 3 heterocycles. The van der Waals surface area contributed by atoms with Crippen LogP contribution in [-0.4, -0.2) is 84.8 Å². The van der Waals surface area contributed by atoms with Gasteiger partial charge in [-0.05, 0) is 86.6 Å². The predicted molar refractivity (Wildman–Crippen MR) is 199 cm³/mol. The summed E-state index contributed by atoms with van der Waals surface area (Å²) in [6, 6.07) is 12.1. The van der Waals surface area contributed by atoms with Crippen LogP contribution in [0.15, 0.2) is 59.1 Å². The summed E-state index contributed by atoms with van der Waals surface area (Å²) in [4.78, 5) is 29.9. The second kappa shape index (κ2) is 14.7. The molecule has 1 unspecified atom stereocenters. The fourth-order valence-electron chi connectivity index (χ4n) is 8.42. The van der Waals surface area contributed by atoms with E-state index in [9.17, 15) is 13.8 Å². The van der Waals surface area contributed by atoms with Crippen molar-refractivity contribution in [3.8, 4) is 11.6 Å². The molecule has 1 fully saturated rings. The molecule has 2 bridgehead atoms. The van der Waals surface area contributed by atoms with Crippen LogP contribution in [0.5, 0.6) is 11.6 Å². The van der Waals surface area contributed by atoms with Gasteiger partial charge in [0.05, 0.1) is 37.4 Å². The van der Waals surface area contributed by atoms with E-state index in [4.69, 9.17) is 18.9 Å². The van der Waals surface area contributed by atoms with Crippen LogP contribution in [0.3, 0.4) is 0 Å². The van der Waals surface area contributed by atoms with Crippen molar-refractivity contribution in [2.75, 3.05) is 51.7 Å². The lowest BCUT2D eigenvalue weighted by Gasteiger charge is -2.46. The number of ether oxygens (including phenoxy) is 4. The van der Waals surface area contributed by atoms with Crippen molar-refractivity contribution in [2.45, 2.75) is 63.1 Å². The smallest absolute Gasteiger partial charge is 0.286 e. The van der Waals surface area contributed by atoms with E-state index < -0.39 is 27.8 Å². The monoisotopic (exact) mass is 731 g/mol. The molecule has 7 rings (SSSR count). The van der Waals surface area contributed by atoms with E-state index >= 15 is 0 Å². The third-order valence-corrected chi connectivity index (χ3v) is 13.1. The Hall–Kier alpha value is -4.20. The van der Waals surface area contributed by atoms with E-state index in [2.05, 4.69) is 44.2 Å². The molecule has 278 valence electrons. The summed E-state index contributed by atoms with van der Waals surface area (Å²) < 4.78 is 46.6. The second-order valence-electron chi connectivity index (χ2n) is 14.7. The molecule has 0 saturated heterocycles. The quantitative estimate of drug-likeness (QED) is 0.353. The van der Waals surface area contributed by atoms with Gasteiger partial charge in [-0.25, -0.2) is 4.21 Å². The molecular weight excluding hydrogens is 683 g/mol. The van der Waals surface area contributed by atoms with Gasteiger partial charge in [-0.1, -0.05) is 35.9 Å². The van der Waals surface area contributed by atoms with Crippen molar-refractivity contribution in [3.05, 3.63) is 82.6 Å². The third kappa shape index (κ3) is 7.10. The first-order valence-corrected chi connectivity index (χ1v) is 19.8. The maximum Gasteiger partial charge on any atom is 0.286 e. The number of rotatable bonds is 5. The number of carbonyl (C=O) groups excluding carboxylic acids is 2. The summed E-state index contributed by atoms with van der Waals surface area (Å²) in [5, 5.41) is 4.14. The molecule has 1 aromatic heterocycles. The summed E-state index contributed by atoms with van der Waals surface area (Å²) in [7, 11) is 2.71. The number of nitrogens with zero attached hydrogens (tertiary/aromatic N) is 4. The largest absolute Gasteiger partial charge is 0.490 e. The van der Waals surface area contributed by atoms with Gasteiger partial charge in [-0.15, -0.1) is 9.46 Å². The Bertz CT molecular complexity index is 2000. The van der Waals surface area contributed by atoms with Gasteiger partial charge in [0.1, 0.15) is 21.2 Å². The zero-order chi connectivity index (χ0) is 36.6. The van der Waals surface area contributed by atoms with Gasteiger partial charge < -0.3 is 23.8 Å². The van der Waals surface area contributed by atoms with Crippen LogP contribution in [0, 0.1) is 18.8 Å². The number of carbonyl (C=O) groups is 2. The van der Waals surface area contributed by atoms with Gasteiger partial charge in [0.25, 0.3) is 11.8 Å². The molecule has 2 aliphatic heterocycles. The Balaban J connectivity index is 1.31. The number of nitrogens with one attached hydrogen (secondary N) is 1. The Kier molecular flexibility index (Phi) is 10.2. The average Bonchev–Trinajstić information content (AvgIpc) is 3.44. The van der Waals surface area contributed by atoms with Crippen molar-refractivity contribution < 1.29 is 32.7 Å². The molecule has 4 aliphatic rings. The van der Waals surface area contributed by atoms with Crippen molar-refractivity contribution in [1.29, 1.82) is 0 Å². The number of methoxy groups -OCH3 is 3. The number of amides is 2. The summed E-state index contributed by atoms with van der Waals surface area (Å²) >= 11 is 0. The number of hydrogen-bond acceptors (Lipinski definition) is 9. The van der Waals surface area contributed by atoms with Gasteiger partial charge in [0, 0.05) is 51.5 Å². The van der Waals surface area contributed by atoms with E-state index in [1.165, 1.54) is 34.7 Å². The molecule has 3 aromatic rings. The molecule has 2 amide bonds. The van der Waals surface area contributed by atoms with Crippen molar-refractivity contribution in [3.63, 3.8) is 0 Å². The molecule has 13 heteroatoms. The van der Waals surface area contributed by atoms with E-state index in [1.807, 2.05) is 24.3 Å². The van der Waals surface area contributed by atoms with Gasteiger partial charge in [0.15, 0.2) is 0 Å². The Morgan fingerprint density at radius 1 is 1.08 bits per heavy atom. The van der Waals surface area contributed by atoms with Gasteiger partial charge in [0.2, 0.25) is 5.88 Å². The number of fused-ring (bicyclic) bond motifs is 4. The predicted octanol–water partition coefficient (Wildman–Crippen LogP) is 5.18. The standard InChI is InChI=1S/C39H49N5O7S/c1-25-8-13-32-26(19-25)7-6-17-39(32)23-44-21-28-9-12-30(28)34(49-4)15-11-29(48-3)16-18-52(47,42-37(46)31-22-43(2)40-38(31)50-5)41-36(45)27-10-14-35(51-24-39)33(44)20-27/h8,10-11,13-15,19-20,22,28-30,34H,6-7,9,12,16-18,21,23-24H2,1-5H3,(H,41,42,45,46,47)/b15-11+/t28-,29+,30+,34-,39-,52?/m0/s1. The van der Waals surface area contributed by atoms with Crippen LogP contribution < -0.4 is 19.1 Å². The lowest BCUT2D eigenvalue weighted by atomic mass is 9.68. The lowest BCUT2D eigenvalue weighted by molar-refractivity contribution is 0.0124. The number of benzene rings is 2. The topological polar surface area (TPSA) is 134 Å².